The molecule has 166 valence electrons. The summed E-state index contributed by atoms with van der Waals surface area (Å²) in [5.74, 6) is 0.434. The van der Waals surface area contributed by atoms with Crippen LogP contribution in [0, 0.1) is 0 Å². The summed E-state index contributed by atoms with van der Waals surface area (Å²) in [5, 5.41) is 0.362. The lowest BCUT2D eigenvalue weighted by molar-refractivity contribution is -0.988. The highest BCUT2D eigenvalue weighted by Gasteiger charge is 2.45. The minimum atomic E-state index is -0.242. The SMILES string of the molecule is COC1CCC[N@@+](CCCC(C)=O)(NC(=O)c2cc(Cl)c(N)c3c2OC(C)C3)[C@H]1C. The van der Waals surface area contributed by atoms with Gasteiger partial charge < -0.3 is 20.0 Å². The van der Waals surface area contributed by atoms with E-state index in [1.807, 2.05) is 6.92 Å². The Morgan fingerprint density at radius 2 is 2.13 bits per heavy atom. The monoisotopic (exact) mass is 438 g/mol. The average Bonchev–Trinajstić information content (AvgIpc) is 3.08. The van der Waals surface area contributed by atoms with E-state index in [1.165, 1.54) is 0 Å². The molecule has 0 aromatic heterocycles. The third kappa shape index (κ3) is 4.43. The highest BCUT2D eigenvalue weighted by atomic mass is 35.5. The largest absolute Gasteiger partial charge is 0.489 e. The van der Waals surface area contributed by atoms with E-state index in [0.29, 0.717) is 52.4 Å². The Morgan fingerprint density at radius 1 is 1.40 bits per heavy atom. The van der Waals surface area contributed by atoms with Gasteiger partial charge in [0.2, 0.25) is 0 Å². The summed E-state index contributed by atoms with van der Waals surface area (Å²) in [4.78, 5) is 25.0. The van der Waals surface area contributed by atoms with Gasteiger partial charge >= 0.3 is 0 Å². The number of benzene rings is 1. The first-order valence-corrected chi connectivity index (χ1v) is 11.1. The van der Waals surface area contributed by atoms with Crippen LogP contribution in [-0.4, -0.2) is 54.7 Å². The van der Waals surface area contributed by atoms with Crippen LogP contribution in [0.25, 0.3) is 0 Å². The van der Waals surface area contributed by atoms with E-state index in [1.54, 1.807) is 20.1 Å². The number of ketones is 1. The van der Waals surface area contributed by atoms with E-state index in [4.69, 9.17) is 26.8 Å². The number of carbonyl (C=O) groups is 2. The number of methoxy groups -OCH3 is 1. The maximum absolute atomic E-state index is 13.5. The number of Topliss-reactive ketones (excluding diaryl/α,β-unsaturated/α-hetero) is 1. The number of amides is 1. The Morgan fingerprint density at radius 3 is 2.80 bits per heavy atom. The number of anilines is 1. The van der Waals surface area contributed by atoms with Crippen molar-refractivity contribution in [3.63, 3.8) is 0 Å². The second-order valence-electron chi connectivity index (χ2n) is 8.64. The number of rotatable bonds is 7. The lowest BCUT2D eigenvalue weighted by Gasteiger charge is -2.48. The van der Waals surface area contributed by atoms with Crippen molar-refractivity contribution in [2.45, 2.75) is 71.1 Å². The van der Waals surface area contributed by atoms with E-state index >= 15 is 0 Å². The molecule has 2 heterocycles. The van der Waals surface area contributed by atoms with E-state index in [0.717, 1.165) is 24.9 Å². The number of nitrogens with one attached hydrogen (secondary N) is 1. The first-order chi connectivity index (χ1) is 14.2. The Labute approximate surface area is 183 Å². The lowest BCUT2D eigenvalue weighted by atomic mass is 9.97. The van der Waals surface area contributed by atoms with Crippen molar-refractivity contribution in [2.24, 2.45) is 0 Å². The first-order valence-electron chi connectivity index (χ1n) is 10.7. The fraction of sp³-hybridized carbons (Fsp3) is 0.636. The molecule has 1 aromatic carbocycles. The van der Waals surface area contributed by atoms with Crippen molar-refractivity contribution in [2.75, 3.05) is 25.9 Å². The Balaban J connectivity index is 1.92. The number of piperidine rings is 1. The van der Waals surface area contributed by atoms with Crippen molar-refractivity contribution in [3.8, 4) is 5.75 Å². The van der Waals surface area contributed by atoms with Gasteiger partial charge in [-0.05, 0) is 33.3 Å². The van der Waals surface area contributed by atoms with Crippen molar-refractivity contribution in [1.29, 1.82) is 0 Å². The number of nitrogens with two attached hydrogens (primary N) is 1. The van der Waals surface area contributed by atoms with E-state index < -0.39 is 0 Å². The molecule has 4 atom stereocenters. The molecule has 2 unspecified atom stereocenters. The number of nitrogens with zero attached hydrogens (tertiary/aromatic N) is 1. The van der Waals surface area contributed by atoms with Crippen molar-refractivity contribution in [3.05, 3.63) is 22.2 Å². The van der Waals surface area contributed by atoms with Gasteiger partial charge in [0.1, 0.15) is 42.9 Å². The van der Waals surface area contributed by atoms with Crippen molar-refractivity contribution in [1.82, 2.24) is 5.43 Å². The number of ether oxygens (including phenoxy) is 2. The molecule has 0 radical (unpaired) electrons. The van der Waals surface area contributed by atoms with Crippen LogP contribution in [0.3, 0.4) is 0 Å². The Hall–Kier alpha value is -1.83. The zero-order valence-electron chi connectivity index (χ0n) is 18.3. The van der Waals surface area contributed by atoms with Gasteiger partial charge in [0.25, 0.3) is 5.91 Å². The number of hydrogen-bond acceptors (Lipinski definition) is 5. The van der Waals surface area contributed by atoms with Gasteiger partial charge in [-0.25, -0.2) is 4.59 Å². The topological polar surface area (TPSA) is 90.7 Å². The van der Waals surface area contributed by atoms with Crippen LogP contribution in [0.4, 0.5) is 5.69 Å². The van der Waals surface area contributed by atoms with Crippen LogP contribution < -0.4 is 15.9 Å². The molecule has 1 fully saturated rings. The molecule has 7 nitrogen and oxygen atoms in total. The molecule has 1 aromatic rings. The number of nitrogen functional groups attached to an aromatic ring is 1. The van der Waals surface area contributed by atoms with E-state index in [2.05, 4.69) is 12.3 Å². The summed E-state index contributed by atoms with van der Waals surface area (Å²) in [7, 11) is 1.71. The fourth-order valence-electron chi connectivity index (χ4n) is 4.79. The molecule has 1 saturated heterocycles. The molecule has 30 heavy (non-hydrogen) atoms. The van der Waals surface area contributed by atoms with Gasteiger partial charge in [-0.1, -0.05) is 11.6 Å². The van der Waals surface area contributed by atoms with Gasteiger partial charge in [0, 0.05) is 38.4 Å². The van der Waals surface area contributed by atoms with Gasteiger partial charge in [0.05, 0.1) is 16.3 Å². The molecule has 0 saturated carbocycles. The van der Waals surface area contributed by atoms with Crippen LogP contribution in [0.1, 0.15) is 62.4 Å². The molecule has 2 aliphatic heterocycles. The Bertz CT molecular complexity index is 831. The number of likely N-dealkylation sites (tertiary alicyclic amines) is 1. The maximum atomic E-state index is 13.5. The smallest absolute Gasteiger partial charge is 0.299 e. The average molecular weight is 439 g/mol. The minimum Gasteiger partial charge on any atom is -0.489 e. The summed E-state index contributed by atoms with van der Waals surface area (Å²) in [6.45, 7) is 7.08. The Kier molecular flexibility index (Phi) is 6.95. The maximum Gasteiger partial charge on any atom is 0.299 e. The highest BCUT2D eigenvalue weighted by Crippen LogP contribution is 2.41. The second kappa shape index (κ2) is 9.12. The van der Waals surface area contributed by atoms with Crippen LogP contribution in [0.2, 0.25) is 5.02 Å². The van der Waals surface area contributed by atoms with Gasteiger partial charge in [-0.3, -0.25) is 4.79 Å². The molecule has 0 bridgehead atoms. The van der Waals surface area contributed by atoms with Crippen molar-refractivity contribution < 1.29 is 23.7 Å². The van der Waals surface area contributed by atoms with Crippen LogP contribution in [-0.2, 0) is 16.0 Å². The lowest BCUT2D eigenvalue weighted by Crippen LogP contribution is -2.70. The molecule has 1 amide bonds. The van der Waals surface area contributed by atoms with Crippen LogP contribution in [0.15, 0.2) is 6.07 Å². The number of halogens is 1. The predicted molar refractivity (Wildman–Crippen MR) is 117 cm³/mol. The molecule has 0 spiro atoms. The first kappa shape index (κ1) is 22.8. The molecule has 3 N–H and O–H groups in total. The number of fused-ring (bicyclic) bond motifs is 1. The predicted octanol–water partition coefficient (Wildman–Crippen LogP) is 3.27. The van der Waals surface area contributed by atoms with Crippen molar-refractivity contribution >= 4 is 29.0 Å². The number of carbonyl (C=O) groups excluding carboxylic acids is 2. The molecule has 0 aliphatic carbocycles. The number of hydrogen-bond donors (Lipinski definition) is 2. The second-order valence-corrected chi connectivity index (χ2v) is 9.05. The van der Waals surface area contributed by atoms with Gasteiger partial charge in [-0.15, -0.1) is 0 Å². The summed E-state index contributed by atoms with van der Waals surface area (Å²) in [6.07, 6.45) is 3.67. The summed E-state index contributed by atoms with van der Waals surface area (Å²) < 4.78 is 12.0. The fourth-order valence-corrected chi connectivity index (χ4v) is 5.01. The summed E-state index contributed by atoms with van der Waals surface area (Å²) in [6, 6.07) is 1.65. The standard InChI is InChI=1S/C22H32ClN3O4/c1-13(27)7-5-9-26(10-6-8-19(29-4)15(26)3)25-22(28)17-12-18(23)20(24)16-11-14(2)30-21(16)17/h12,14-15,19H,5-11H2,1-4H3,(H2-,24,25,28)/p+1/t14?,15-,19?,26+/m0/s1. The normalized spacial score (nSPS) is 28.0. The number of quaternary nitrogens is 1. The molecule has 8 heteroatoms. The zero-order chi connectivity index (χ0) is 22.1. The third-order valence-electron chi connectivity index (χ3n) is 6.50. The van der Waals surface area contributed by atoms with Crippen LogP contribution >= 0.6 is 11.6 Å². The molecular formula is C22H33ClN3O4+. The quantitative estimate of drug-likeness (QED) is 0.503. The summed E-state index contributed by atoms with van der Waals surface area (Å²) in [5.41, 5.74) is 11.1. The van der Waals surface area contributed by atoms with E-state index in [9.17, 15) is 9.59 Å². The third-order valence-corrected chi connectivity index (χ3v) is 6.82. The van der Waals surface area contributed by atoms with Crippen LogP contribution in [0.5, 0.6) is 5.75 Å². The van der Waals surface area contributed by atoms with Gasteiger partial charge in [0.15, 0.2) is 0 Å². The van der Waals surface area contributed by atoms with E-state index in [-0.39, 0.29) is 29.9 Å². The van der Waals surface area contributed by atoms with Gasteiger partial charge in [-0.2, -0.15) is 5.43 Å². The highest BCUT2D eigenvalue weighted by molar-refractivity contribution is 6.33. The summed E-state index contributed by atoms with van der Waals surface area (Å²) >= 11 is 6.34. The minimum absolute atomic E-state index is 0.0355. The molecular weight excluding hydrogens is 406 g/mol. The zero-order valence-corrected chi connectivity index (χ0v) is 19.1. The molecule has 3 rings (SSSR count). The molecule has 2 aliphatic rings.